The van der Waals surface area contributed by atoms with Gasteiger partial charge in [-0.05, 0) is 90.4 Å². The molecule has 4 aromatic rings. The predicted molar refractivity (Wildman–Crippen MR) is 119 cm³/mol. The van der Waals surface area contributed by atoms with Gasteiger partial charge < -0.3 is 19.6 Å². The minimum absolute atomic E-state index is 0.0754. The smallest absolute Gasteiger partial charge is 0.255 e. The van der Waals surface area contributed by atoms with Crippen molar-refractivity contribution in [1.82, 2.24) is 4.98 Å². The van der Waals surface area contributed by atoms with Gasteiger partial charge in [0.25, 0.3) is 5.91 Å². The maximum absolute atomic E-state index is 12.6. The number of nitrogens with one attached hydrogen (secondary N) is 1. The zero-order valence-electron chi connectivity index (χ0n) is 16.3. The number of benzene rings is 3. The largest absolute Gasteiger partial charge is 0.507 e. The van der Waals surface area contributed by atoms with Crippen molar-refractivity contribution in [2.45, 2.75) is 20.0 Å². The normalized spacial score (nSPS) is 11.1. The molecule has 0 aliphatic heterocycles. The number of phenolic OH excluding ortho intramolecular Hbond substituents is 1. The fraction of sp³-hybridized carbons (Fsp3) is 0.130. The number of carbonyl (C=O) groups is 1. The number of ether oxygens (including phenoxy) is 1. The van der Waals surface area contributed by atoms with Gasteiger partial charge in [0.2, 0.25) is 5.89 Å². The van der Waals surface area contributed by atoms with E-state index in [1.807, 2.05) is 13.8 Å². The van der Waals surface area contributed by atoms with Crippen LogP contribution in [0.1, 0.15) is 24.2 Å². The lowest BCUT2D eigenvalue weighted by Gasteiger charge is -2.10. The molecule has 0 spiro atoms. The van der Waals surface area contributed by atoms with Gasteiger partial charge in [0.05, 0.1) is 10.6 Å². The summed E-state index contributed by atoms with van der Waals surface area (Å²) in [6, 6.07) is 17.3. The van der Waals surface area contributed by atoms with Crippen LogP contribution in [0.3, 0.4) is 0 Å². The first-order valence-electron chi connectivity index (χ1n) is 9.36. The molecule has 30 heavy (non-hydrogen) atoms. The number of halogens is 1. The second kappa shape index (κ2) is 8.20. The number of phenols is 1. The molecule has 0 aliphatic carbocycles. The van der Waals surface area contributed by atoms with Crippen molar-refractivity contribution in [3.05, 3.63) is 70.7 Å². The van der Waals surface area contributed by atoms with Gasteiger partial charge in [-0.1, -0.05) is 0 Å². The highest BCUT2D eigenvalue weighted by Gasteiger charge is 2.12. The van der Waals surface area contributed by atoms with Gasteiger partial charge in [-0.3, -0.25) is 4.79 Å². The van der Waals surface area contributed by atoms with Crippen molar-refractivity contribution in [3.63, 3.8) is 0 Å². The van der Waals surface area contributed by atoms with Crippen LogP contribution in [0.15, 0.2) is 69.6 Å². The van der Waals surface area contributed by atoms with Crippen LogP contribution >= 0.6 is 15.9 Å². The number of anilines is 1. The first kappa shape index (κ1) is 20.0. The molecule has 0 saturated heterocycles. The van der Waals surface area contributed by atoms with Gasteiger partial charge in [-0.15, -0.1) is 0 Å². The van der Waals surface area contributed by atoms with E-state index in [-0.39, 0.29) is 17.8 Å². The summed E-state index contributed by atoms with van der Waals surface area (Å²) in [7, 11) is 0. The third kappa shape index (κ3) is 4.31. The van der Waals surface area contributed by atoms with Gasteiger partial charge in [0, 0.05) is 16.8 Å². The number of amides is 1. The number of hydrogen-bond donors (Lipinski definition) is 2. The summed E-state index contributed by atoms with van der Waals surface area (Å²) in [4.78, 5) is 17.1. The molecule has 4 rings (SSSR count). The summed E-state index contributed by atoms with van der Waals surface area (Å²) in [5, 5.41) is 12.5. The van der Waals surface area contributed by atoms with Crippen LogP contribution in [0, 0.1) is 0 Å². The van der Waals surface area contributed by atoms with E-state index < -0.39 is 0 Å². The van der Waals surface area contributed by atoms with E-state index >= 15 is 0 Å². The van der Waals surface area contributed by atoms with Crippen molar-refractivity contribution >= 4 is 38.6 Å². The highest BCUT2D eigenvalue weighted by molar-refractivity contribution is 9.10. The number of fused-ring (bicyclic) bond motifs is 1. The fourth-order valence-corrected chi connectivity index (χ4v) is 3.31. The summed E-state index contributed by atoms with van der Waals surface area (Å²) in [5.41, 5.74) is 3.09. The van der Waals surface area contributed by atoms with Crippen molar-refractivity contribution < 1.29 is 19.1 Å². The van der Waals surface area contributed by atoms with Crippen molar-refractivity contribution in [2.75, 3.05) is 5.32 Å². The number of carbonyl (C=O) groups excluding carboxylic acids is 1. The molecular weight excluding hydrogens is 448 g/mol. The van der Waals surface area contributed by atoms with Crippen LogP contribution in [0.4, 0.5) is 5.69 Å². The molecule has 2 N–H and O–H groups in total. The molecule has 6 nitrogen and oxygen atoms in total. The summed E-state index contributed by atoms with van der Waals surface area (Å²) >= 11 is 3.29. The quantitative estimate of drug-likeness (QED) is 0.376. The Hall–Kier alpha value is -3.32. The average molecular weight is 467 g/mol. The minimum atomic E-state index is -0.225. The van der Waals surface area contributed by atoms with Crippen LogP contribution in [0.5, 0.6) is 11.5 Å². The summed E-state index contributed by atoms with van der Waals surface area (Å²) in [6.45, 7) is 3.90. The SMILES string of the molecule is CC(C)Oc1ccc(C(=O)Nc2ccc3oc(-c4ccc(O)c(Br)c4)nc3c2)cc1. The molecule has 0 aliphatic rings. The monoisotopic (exact) mass is 466 g/mol. The highest BCUT2D eigenvalue weighted by Crippen LogP contribution is 2.31. The number of hydrogen-bond acceptors (Lipinski definition) is 5. The molecule has 1 aromatic heterocycles. The molecule has 1 amide bonds. The summed E-state index contributed by atoms with van der Waals surface area (Å²) < 4.78 is 12.0. The average Bonchev–Trinajstić information content (AvgIpc) is 3.13. The first-order valence-corrected chi connectivity index (χ1v) is 10.2. The molecule has 1 heterocycles. The fourth-order valence-electron chi connectivity index (χ4n) is 2.93. The molecule has 0 atom stereocenters. The molecule has 0 saturated carbocycles. The Kier molecular flexibility index (Phi) is 5.46. The zero-order valence-corrected chi connectivity index (χ0v) is 17.9. The maximum Gasteiger partial charge on any atom is 0.255 e. The number of nitrogens with zero attached hydrogens (tertiary/aromatic N) is 1. The van der Waals surface area contributed by atoms with E-state index in [0.717, 1.165) is 11.3 Å². The number of aromatic hydroxyl groups is 1. The number of aromatic nitrogens is 1. The van der Waals surface area contributed by atoms with Crippen LogP contribution < -0.4 is 10.1 Å². The van der Waals surface area contributed by atoms with E-state index in [4.69, 9.17) is 9.15 Å². The Balaban J connectivity index is 1.53. The molecule has 0 fully saturated rings. The Labute approximate surface area is 181 Å². The first-order chi connectivity index (χ1) is 14.4. The molecule has 152 valence electrons. The third-order valence-corrected chi connectivity index (χ3v) is 4.96. The number of oxazole rings is 1. The van der Waals surface area contributed by atoms with Gasteiger partial charge in [-0.25, -0.2) is 4.98 Å². The van der Waals surface area contributed by atoms with Crippen LogP contribution in [0.2, 0.25) is 0 Å². The molecule has 7 heteroatoms. The minimum Gasteiger partial charge on any atom is -0.507 e. The maximum atomic E-state index is 12.6. The standard InChI is InChI=1S/C23H19BrN2O4/c1-13(2)29-17-7-3-14(4-8-17)22(28)25-16-6-10-21-19(12-16)26-23(30-21)15-5-9-20(27)18(24)11-15/h3-13,27H,1-2H3,(H,25,28). The molecular formula is C23H19BrN2O4. The highest BCUT2D eigenvalue weighted by atomic mass is 79.9. The van der Waals surface area contributed by atoms with E-state index in [0.29, 0.717) is 32.7 Å². The third-order valence-electron chi connectivity index (χ3n) is 4.33. The second-order valence-corrected chi connectivity index (χ2v) is 7.87. The van der Waals surface area contributed by atoms with Gasteiger partial charge in [0.15, 0.2) is 5.58 Å². The lowest BCUT2D eigenvalue weighted by atomic mass is 10.2. The summed E-state index contributed by atoms with van der Waals surface area (Å²) in [6.07, 6.45) is 0.0754. The predicted octanol–water partition coefficient (Wildman–Crippen LogP) is 6.00. The topological polar surface area (TPSA) is 84.6 Å². The lowest BCUT2D eigenvalue weighted by Crippen LogP contribution is -2.12. The van der Waals surface area contributed by atoms with E-state index in [1.165, 1.54) is 0 Å². The summed E-state index contributed by atoms with van der Waals surface area (Å²) in [5.74, 6) is 1.06. The lowest BCUT2D eigenvalue weighted by molar-refractivity contribution is 0.102. The molecule has 0 radical (unpaired) electrons. The Bertz CT molecular complexity index is 1220. The van der Waals surface area contributed by atoms with E-state index in [9.17, 15) is 9.90 Å². The van der Waals surface area contributed by atoms with E-state index in [2.05, 4.69) is 26.2 Å². The van der Waals surface area contributed by atoms with Crippen LogP contribution in [-0.2, 0) is 0 Å². The zero-order chi connectivity index (χ0) is 21.3. The molecule has 0 unspecified atom stereocenters. The Morgan fingerprint density at radius 3 is 2.57 bits per heavy atom. The van der Waals surface area contributed by atoms with Gasteiger partial charge in [-0.2, -0.15) is 0 Å². The van der Waals surface area contributed by atoms with Crippen LogP contribution in [0.25, 0.3) is 22.6 Å². The van der Waals surface area contributed by atoms with Gasteiger partial charge >= 0.3 is 0 Å². The Morgan fingerprint density at radius 1 is 1.10 bits per heavy atom. The molecule has 3 aromatic carbocycles. The number of rotatable bonds is 5. The van der Waals surface area contributed by atoms with Crippen molar-refractivity contribution in [1.29, 1.82) is 0 Å². The van der Waals surface area contributed by atoms with Crippen LogP contribution in [-0.4, -0.2) is 22.1 Å². The Morgan fingerprint density at radius 2 is 1.87 bits per heavy atom. The van der Waals surface area contributed by atoms with Crippen molar-refractivity contribution in [2.24, 2.45) is 0 Å². The van der Waals surface area contributed by atoms with Crippen molar-refractivity contribution in [3.8, 4) is 23.0 Å². The molecule has 0 bridgehead atoms. The van der Waals surface area contributed by atoms with E-state index in [1.54, 1.807) is 60.7 Å². The second-order valence-electron chi connectivity index (χ2n) is 7.01. The van der Waals surface area contributed by atoms with Gasteiger partial charge in [0.1, 0.15) is 17.0 Å².